The lowest BCUT2D eigenvalue weighted by Crippen LogP contribution is -2.50. The zero-order valence-corrected chi connectivity index (χ0v) is 11.1. The number of ether oxygens (including phenoxy) is 1. The quantitative estimate of drug-likeness (QED) is 0.511. The monoisotopic (exact) mass is 307 g/mol. The van der Waals surface area contributed by atoms with Crippen molar-refractivity contribution in [3.05, 3.63) is 34.9 Å². The zero-order valence-electron chi connectivity index (χ0n) is 11.1. The molecule has 0 aliphatic carbocycles. The fraction of sp³-hybridized carbons (Fsp3) is 0.462. The van der Waals surface area contributed by atoms with Crippen molar-refractivity contribution in [2.45, 2.75) is 19.1 Å². The third-order valence-electron chi connectivity index (χ3n) is 3.15. The number of morpholine rings is 1. The third-order valence-corrected chi connectivity index (χ3v) is 3.15. The van der Waals surface area contributed by atoms with Crippen LogP contribution >= 0.6 is 0 Å². The Bertz CT molecular complexity index is 567. The third kappa shape index (κ3) is 3.01. The highest BCUT2D eigenvalue weighted by molar-refractivity contribution is 5.94. The fourth-order valence-electron chi connectivity index (χ4n) is 2.21. The molecule has 1 aromatic rings. The summed E-state index contributed by atoms with van der Waals surface area (Å²) in [5.74, 6) is -8.36. The van der Waals surface area contributed by atoms with E-state index in [-0.39, 0.29) is 19.7 Å². The van der Waals surface area contributed by atoms with Gasteiger partial charge in [0.2, 0.25) is 0 Å². The maximum atomic E-state index is 13.6. The summed E-state index contributed by atoms with van der Waals surface area (Å²) >= 11 is 0. The summed E-state index contributed by atoms with van der Waals surface area (Å²) in [7, 11) is 0. The molecule has 1 aromatic carbocycles. The van der Waals surface area contributed by atoms with Crippen LogP contribution in [0.2, 0.25) is 0 Å². The fourth-order valence-corrected chi connectivity index (χ4v) is 2.21. The Balaban J connectivity index is 2.32. The molecule has 1 N–H and O–H groups in total. The molecule has 1 aliphatic heterocycles. The molecular formula is C13H13F4NO3. The number of nitrogens with zero attached hydrogens (tertiary/aromatic N) is 1. The molecule has 0 bridgehead atoms. The van der Waals surface area contributed by atoms with E-state index in [2.05, 4.69) is 0 Å². The van der Waals surface area contributed by atoms with Gasteiger partial charge in [0, 0.05) is 13.1 Å². The van der Waals surface area contributed by atoms with Crippen LogP contribution < -0.4 is 0 Å². The predicted molar refractivity (Wildman–Crippen MR) is 63.6 cm³/mol. The molecule has 4 nitrogen and oxygen atoms in total. The number of benzene rings is 1. The van der Waals surface area contributed by atoms with Crippen LogP contribution in [0.4, 0.5) is 17.6 Å². The lowest BCUT2D eigenvalue weighted by atomic mass is 10.1. The first kappa shape index (κ1) is 15.7. The van der Waals surface area contributed by atoms with Crippen molar-refractivity contribution in [1.29, 1.82) is 0 Å². The summed E-state index contributed by atoms with van der Waals surface area (Å²) in [6.07, 6.45) is -1.10. The van der Waals surface area contributed by atoms with Crippen LogP contribution in [0, 0.1) is 23.3 Å². The van der Waals surface area contributed by atoms with Gasteiger partial charge >= 0.3 is 0 Å². The minimum atomic E-state index is -2.03. The second-order valence-corrected chi connectivity index (χ2v) is 4.81. The second kappa shape index (κ2) is 5.98. The molecule has 1 saturated heterocycles. The minimum absolute atomic E-state index is 0.0558. The average Bonchev–Trinajstić information content (AvgIpc) is 2.47. The summed E-state index contributed by atoms with van der Waals surface area (Å²) in [6.45, 7) is 1.28. The van der Waals surface area contributed by atoms with Crippen molar-refractivity contribution in [2.24, 2.45) is 0 Å². The van der Waals surface area contributed by atoms with Gasteiger partial charge in [-0.1, -0.05) is 0 Å². The van der Waals surface area contributed by atoms with E-state index in [9.17, 15) is 22.4 Å². The molecule has 0 saturated carbocycles. The maximum Gasteiger partial charge on any atom is 0.257 e. The van der Waals surface area contributed by atoms with Gasteiger partial charge in [0.25, 0.3) is 5.91 Å². The minimum Gasteiger partial charge on any atom is -0.394 e. The van der Waals surface area contributed by atoms with E-state index in [1.165, 1.54) is 0 Å². The number of aliphatic hydroxyl groups is 1. The molecule has 2 atom stereocenters. The number of hydrogen-bond acceptors (Lipinski definition) is 3. The summed E-state index contributed by atoms with van der Waals surface area (Å²) < 4.78 is 58.1. The van der Waals surface area contributed by atoms with Crippen LogP contribution in [0.25, 0.3) is 0 Å². The molecule has 2 unspecified atom stereocenters. The smallest absolute Gasteiger partial charge is 0.257 e. The first-order valence-corrected chi connectivity index (χ1v) is 6.23. The first-order chi connectivity index (χ1) is 9.85. The lowest BCUT2D eigenvalue weighted by Gasteiger charge is -2.36. The maximum absolute atomic E-state index is 13.6. The SMILES string of the molecule is CC1CN(C(=O)c2cc(F)c(F)c(F)c2F)CC(CO)O1. The molecule has 1 amide bonds. The van der Waals surface area contributed by atoms with E-state index in [0.29, 0.717) is 6.07 Å². The average molecular weight is 307 g/mol. The van der Waals surface area contributed by atoms with Gasteiger partial charge in [-0.05, 0) is 13.0 Å². The molecule has 2 rings (SSSR count). The topological polar surface area (TPSA) is 49.8 Å². The van der Waals surface area contributed by atoms with Crippen molar-refractivity contribution in [3.8, 4) is 0 Å². The largest absolute Gasteiger partial charge is 0.394 e. The van der Waals surface area contributed by atoms with Gasteiger partial charge in [0.05, 0.1) is 24.4 Å². The van der Waals surface area contributed by atoms with Gasteiger partial charge in [-0.15, -0.1) is 0 Å². The molecule has 0 spiro atoms. The van der Waals surface area contributed by atoms with Crippen molar-refractivity contribution in [2.75, 3.05) is 19.7 Å². The molecule has 1 fully saturated rings. The van der Waals surface area contributed by atoms with Gasteiger partial charge in [-0.3, -0.25) is 4.79 Å². The summed E-state index contributed by atoms with van der Waals surface area (Å²) in [6, 6.07) is 0.324. The number of carbonyl (C=O) groups is 1. The van der Waals surface area contributed by atoms with E-state index in [0.717, 1.165) is 4.90 Å². The molecule has 8 heteroatoms. The van der Waals surface area contributed by atoms with Crippen LogP contribution in [0.5, 0.6) is 0 Å². The molecule has 1 aliphatic rings. The molecule has 116 valence electrons. The van der Waals surface area contributed by atoms with Crippen LogP contribution in [-0.2, 0) is 4.74 Å². The van der Waals surface area contributed by atoms with Crippen LogP contribution in [0.1, 0.15) is 17.3 Å². The van der Waals surface area contributed by atoms with E-state index in [1.807, 2.05) is 0 Å². The number of halogens is 4. The summed E-state index contributed by atoms with van der Waals surface area (Å²) in [4.78, 5) is 13.2. The van der Waals surface area contributed by atoms with Gasteiger partial charge in [0.1, 0.15) is 0 Å². The van der Waals surface area contributed by atoms with Gasteiger partial charge in [-0.25, -0.2) is 17.6 Å². The highest BCUT2D eigenvalue weighted by atomic mass is 19.2. The van der Waals surface area contributed by atoms with E-state index in [4.69, 9.17) is 9.84 Å². The van der Waals surface area contributed by atoms with Crippen LogP contribution in [0.15, 0.2) is 6.07 Å². The van der Waals surface area contributed by atoms with E-state index in [1.54, 1.807) is 6.92 Å². The Morgan fingerprint density at radius 2 is 1.95 bits per heavy atom. The lowest BCUT2D eigenvalue weighted by molar-refractivity contribution is -0.0859. The molecule has 1 heterocycles. The van der Waals surface area contributed by atoms with Crippen molar-refractivity contribution in [3.63, 3.8) is 0 Å². The standard InChI is InChI=1S/C13H13F4NO3/c1-6-3-18(4-7(5-19)21-6)13(20)8-2-9(14)11(16)12(17)10(8)15/h2,6-7,19H,3-5H2,1H3. The Kier molecular flexibility index (Phi) is 4.48. The van der Waals surface area contributed by atoms with Crippen molar-refractivity contribution in [1.82, 2.24) is 4.90 Å². The van der Waals surface area contributed by atoms with Crippen molar-refractivity contribution < 1.29 is 32.2 Å². The number of amides is 1. The Hall–Kier alpha value is -1.67. The number of rotatable bonds is 2. The zero-order chi connectivity index (χ0) is 15.7. The normalized spacial score (nSPS) is 22.5. The van der Waals surface area contributed by atoms with E-state index < -0.39 is 46.9 Å². The highest BCUT2D eigenvalue weighted by Gasteiger charge is 2.32. The second-order valence-electron chi connectivity index (χ2n) is 4.81. The molecule has 21 heavy (non-hydrogen) atoms. The van der Waals surface area contributed by atoms with Crippen LogP contribution in [-0.4, -0.2) is 47.8 Å². The molecule has 0 radical (unpaired) electrons. The molecule has 0 aromatic heterocycles. The number of carbonyl (C=O) groups excluding carboxylic acids is 1. The van der Waals surface area contributed by atoms with Gasteiger partial charge < -0.3 is 14.7 Å². The first-order valence-electron chi connectivity index (χ1n) is 6.23. The van der Waals surface area contributed by atoms with Crippen LogP contribution in [0.3, 0.4) is 0 Å². The predicted octanol–water partition coefficient (Wildman–Crippen LogP) is 1.46. The Labute approximate surface area is 117 Å². The Morgan fingerprint density at radius 1 is 1.29 bits per heavy atom. The van der Waals surface area contributed by atoms with Gasteiger partial charge in [0.15, 0.2) is 23.3 Å². The summed E-state index contributed by atoms with van der Waals surface area (Å²) in [5, 5.41) is 9.05. The van der Waals surface area contributed by atoms with E-state index >= 15 is 0 Å². The highest BCUT2D eigenvalue weighted by Crippen LogP contribution is 2.22. The number of aliphatic hydroxyl groups excluding tert-OH is 1. The summed E-state index contributed by atoms with van der Waals surface area (Å²) in [5.41, 5.74) is -0.891. The molecular weight excluding hydrogens is 294 g/mol. The van der Waals surface area contributed by atoms with Gasteiger partial charge in [-0.2, -0.15) is 0 Å². The number of hydrogen-bond donors (Lipinski definition) is 1. The van der Waals surface area contributed by atoms with Crippen molar-refractivity contribution >= 4 is 5.91 Å². The Morgan fingerprint density at radius 3 is 2.57 bits per heavy atom.